The van der Waals surface area contributed by atoms with Gasteiger partial charge in [-0.25, -0.2) is 9.07 Å². The van der Waals surface area contributed by atoms with Gasteiger partial charge in [-0.15, -0.1) is 0 Å². The first-order valence-electron chi connectivity index (χ1n) is 9.80. The number of carbonyl (C=O) groups excluding carboxylic acids is 1. The number of rotatable bonds is 6. The summed E-state index contributed by atoms with van der Waals surface area (Å²) in [7, 11) is 0. The fourth-order valence-corrected chi connectivity index (χ4v) is 3.44. The lowest BCUT2D eigenvalue weighted by atomic mass is 10.2. The number of aromatic nitrogens is 2. The van der Waals surface area contributed by atoms with E-state index in [9.17, 15) is 14.0 Å². The van der Waals surface area contributed by atoms with Gasteiger partial charge in [0.15, 0.2) is 11.5 Å². The average Bonchev–Trinajstić information content (AvgIpc) is 3.20. The van der Waals surface area contributed by atoms with Crippen molar-refractivity contribution in [1.82, 2.24) is 9.78 Å². The van der Waals surface area contributed by atoms with Gasteiger partial charge in [-0.05, 0) is 42.8 Å². The van der Waals surface area contributed by atoms with Gasteiger partial charge in [0.25, 0.3) is 0 Å². The predicted molar refractivity (Wildman–Crippen MR) is 118 cm³/mol. The Morgan fingerprint density at radius 2 is 1.94 bits per heavy atom. The second-order valence-electron chi connectivity index (χ2n) is 7.00. The Labute approximate surface area is 178 Å². The van der Waals surface area contributed by atoms with Gasteiger partial charge in [-0.1, -0.05) is 18.2 Å². The van der Waals surface area contributed by atoms with Crippen LogP contribution in [0.25, 0.3) is 11.4 Å². The molecule has 2 heterocycles. The summed E-state index contributed by atoms with van der Waals surface area (Å²) in [4.78, 5) is 26.0. The molecule has 1 aliphatic rings. The minimum atomic E-state index is -0.562. The smallest absolute Gasteiger partial charge is 0.227 e. The average molecular weight is 417 g/mol. The third kappa shape index (κ3) is 4.28. The van der Waals surface area contributed by atoms with E-state index in [-0.39, 0.29) is 22.7 Å². The third-order valence-electron chi connectivity index (χ3n) is 4.93. The van der Waals surface area contributed by atoms with Crippen LogP contribution in [0.5, 0.6) is 0 Å². The van der Waals surface area contributed by atoms with E-state index in [1.54, 1.807) is 11.0 Å². The molecule has 0 saturated carbocycles. The molecular weight excluding hydrogens is 397 g/mol. The molecule has 1 aromatic heterocycles. The molecule has 0 unspecified atom stereocenters. The first-order chi connectivity index (χ1) is 15.1. The lowest BCUT2D eigenvalue weighted by Crippen LogP contribution is -2.24. The van der Waals surface area contributed by atoms with Gasteiger partial charge in [0.2, 0.25) is 11.3 Å². The Morgan fingerprint density at radius 3 is 2.61 bits per heavy atom. The van der Waals surface area contributed by atoms with Crippen LogP contribution in [0.4, 0.5) is 15.8 Å². The number of para-hydroxylation sites is 1. The van der Waals surface area contributed by atoms with Gasteiger partial charge in [0.05, 0.1) is 5.70 Å². The first kappa shape index (κ1) is 20.2. The summed E-state index contributed by atoms with van der Waals surface area (Å²) in [5, 5.41) is 14.8. The van der Waals surface area contributed by atoms with Crippen LogP contribution in [0.3, 0.4) is 0 Å². The Bertz CT molecular complexity index is 1220. The summed E-state index contributed by atoms with van der Waals surface area (Å²) >= 11 is 0. The molecule has 4 rings (SSSR count). The highest BCUT2D eigenvalue weighted by atomic mass is 19.1. The quantitative estimate of drug-likeness (QED) is 0.600. The highest BCUT2D eigenvalue weighted by Gasteiger charge is 2.22. The van der Waals surface area contributed by atoms with Gasteiger partial charge in [-0.3, -0.25) is 9.59 Å². The summed E-state index contributed by atoms with van der Waals surface area (Å²) in [5.74, 6) is -0.586. The van der Waals surface area contributed by atoms with Gasteiger partial charge in [0, 0.05) is 42.8 Å². The maximum atomic E-state index is 14.9. The molecule has 3 aromatic rings. The fraction of sp³-hybridized carbons (Fsp3) is 0.130. The molecule has 7 nitrogen and oxygen atoms in total. The van der Waals surface area contributed by atoms with Crippen molar-refractivity contribution in [2.24, 2.45) is 0 Å². The monoisotopic (exact) mass is 417 g/mol. The van der Waals surface area contributed by atoms with Crippen molar-refractivity contribution in [1.29, 1.82) is 5.41 Å². The molecule has 8 heteroatoms. The largest absolute Gasteiger partial charge is 0.354 e. The van der Waals surface area contributed by atoms with Crippen LogP contribution in [-0.2, 0) is 4.79 Å². The van der Waals surface area contributed by atoms with Crippen molar-refractivity contribution in [3.05, 3.63) is 88.6 Å². The lowest BCUT2D eigenvalue weighted by Gasteiger charge is -2.17. The van der Waals surface area contributed by atoms with Crippen molar-refractivity contribution >= 4 is 29.2 Å². The summed E-state index contributed by atoms with van der Waals surface area (Å²) in [6, 6.07) is 15.0. The molecule has 1 aliphatic heterocycles. The molecule has 0 aliphatic carbocycles. The number of allylic oxidation sites excluding steroid dienone is 1. The normalized spacial score (nSPS) is 14.0. The number of benzene rings is 2. The second kappa shape index (κ2) is 8.74. The zero-order valence-electron chi connectivity index (χ0n) is 16.6. The number of carbonyl (C=O) groups is 1. The maximum Gasteiger partial charge on any atom is 0.227 e. The van der Waals surface area contributed by atoms with Crippen LogP contribution in [0.1, 0.15) is 18.5 Å². The van der Waals surface area contributed by atoms with Gasteiger partial charge >= 0.3 is 0 Å². The molecule has 0 radical (unpaired) electrons. The third-order valence-corrected chi connectivity index (χ3v) is 4.93. The van der Waals surface area contributed by atoms with E-state index in [4.69, 9.17) is 5.41 Å². The standard InChI is InChI=1S/C23H20FN5O2/c24-18-15-17(28-13-4-7-22(28)31)8-9-20(18)29-14-11-21(30)23(27-29)19(10-12-25)26-16-5-2-1-3-6-16/h1-3,5-6,8-12,14-15,25-26H,4,7,13H2/b19-10-,25-12?. The minimum Gasteiger partial charge on any atom is -0.354 e. The van der Waals surface area contributed by atoms with Crippen LogP contribution in [0.2, 0.25) is 0 Å². The Hall–Kier alpha value is -4.07. The molecule has 1 amide bonds. The van der Waals surface area contributed by atoms with Crippen molar-refractivity contribution < 1.29 is 9.18 Å². The zero-order valence-corrected chi connectivity index (χ0v) is 16.6. The molecule has 1 saturated heterocycles. The van der Waals surface area contributed by atoms with Gasteiger partial charge < -0.3 is 15.6 Å². The van der Waals surface area contributed by atoms with Gasteiger partial charge in [-0.2, -0.15) is 5.10 Å². The number of halogens is 1. The summed E-state index contributed by atoms with van der Waals surface area (Å²) < 4.78 is 16.2. The highest BCUT2D eigenvalue weighted by molar-refractivity contribution is 5.95. The Balaban J connectivity index is 1.70. The molecule has 2 N–H and O–H groups in total. The number of nitrogens with one attached hydrogen (secondary N) is 2. The number of anilines is 2. The van der Waals surface area contributed by atoms with Crippen LogP contribution in [0.15, 0.2) is 71.7 Å². The predicted octanol–water partition coefficient (Wildman–Crippen LogP) is 3.60. The van der Waals surface area contributed by atoms with E-state index in [2.05, 4.69) is 10.4 Å². The van der Waals surface area contributed by atoms with Crippen molar-refractivity contribution in [2.45, 2.75) is 12.8 Å². The van der Waals surface area contributed by atoms with Crippen LogP contribution in [-0.4, -0.2) is 28.4 Å². The summed E-state index contributed by atoms with van der Waals surface area (Å²) in [5.41, 5.74) is 1.37. The Kier molecular flexibility index (Phi) is 5.70. The maximum absolute atomic E-state index is 14.9. The SMILES string of the molecule is N=C/C=C(\Nc1ccccc1)c1nn(-c2ccc(N3CCCC3=O)cc2F)ccc1=O. The molecule has 2 aromatic carbocycles. The minimum absolute atomic E-state index is 0.0238. The van der Waals surface area contributed by atoms with E-state index >= 15 is 0 Å². The van der Waals surface area contributed by atoms with Crippen LogP contribution >= 0.6 is 0 Å². The number of nitrogens with zero attached hydrogens (tertiary/aromatic N) is 3. The molecule has 156 valence electrons. The number of hydrogen-bond donors (Lipinski definition) is 2. The second-order valence-corrected chi connectivity index (χ2v) is 7.00. The topological polar surface area (TPSA) is 91.1 Å². The Morgan fingerprint density at radius 1 is 1.13 bits per heavy atom. The fourth-order valence-electron chi connectivity index (χ4n) is 3.44. The zero-order chi connectivity index (χ0) is 21.8. The molecule has 0 atom stereocenters. The molecule has 1 fully saturated rings. The van der Waals surface area contributed by atoms with Crippen molar-refractivity contribution in [3.63, 3.8) is 0 Å². The van der Waals surface area contributed by atoms with E-state index in [0.29, 0.717) is 24.4 Å². The highest BCUT2D eigenvalue weighted by Crippen LogP contribution is 2.25. The molecular formula is C23H20FN5O2. The van der Waals surface area contributed by atoms with E-state index in [1.807, 2.05) is 30.3 Å². The molecule has 0 bridgehead atoms. The van der Waals surface area contributed by atoms with E-state index in [0.717, 1.165) is 18.3 Å². The summed E-state index contributed by atoms with van der Waals surface area (Å²) in [6.07, 6.45) is 5.06. The molecule has 0 spiro atoms. The van der Waals surface area contributed by atoms with E-state index < -0.39 is 5.82 Å². The lowest BCUT2D eigenvalue weighted by molar-refractivity contribution is -0.117. The first-order valence-corrected chi connectivity index (χ1v) is 9.80. The van der Waals surface area contributed by atoms with E-state index in [1.165, 1.54) is 35.2 Å². The van der Waals surface area contributed by atoms with Crippen molar-refractivity contribution in [2.75, 3.05) is 16.8 Å². The molecule has 31 heavy (non-hydrogen) atoms. The van der Waals surface area contributed by atoms with Crippen LogP contribution < -0.4 is 15.6 Å². The number of hydrogen-bond acceptors (Lipinski definition) is 5. The van der Waals surface area contributed by atoms with Gasteiger partial charge in [0.1, 0.15) is 5.69 Å². The number of amides is 1. The summed E-state index contributed by atoms with van der Waals surface area (Å²) in [6.45, 7) is 0.570. The van der Waals surface area contributed by atoms with Crippen LogP contribution in [0, 0.1) is 11.2 Å². The van der Waals surface area contributed by atoms with Crippen molar-refractivity contribution in [3.8, 4) is 5.69 Å².